The van der Waals surface area contributed by atoms with E-state index in [0.717, 1.165) is 24.7 Å². The van der Waals surface area contributed by atoms with Gasteiger partial charge in [0.1, 0.15) is 29.1 Å². The number of ether oxygens (including phenoxy) is 3. The predicted molar refractivity (Wildman–Crippen MR) is 150 cm³/mol. The lowest BCUT2D eigenvalue weighted by molar-refractivity contribution is -0.141. The van der Waals surface area contributed by atoms with Crippen LogP contribution in [-0.4, -0.2) is 55.9 Å². The third-order valence-electron chi connectivity index (χ3n) is 8.05. The SMILES string of the molecule is COc1ncnc(C2CC2)c1-c1ncc2c(n1)N(Cc1ccc(-c3nc(C(F)(F)F)cn3C3COC3)cc1)C(=O)OC2(C)C. The molecule has 3 aromatic heterocycles. The van der Waals surface area contributed by atoms with Gasteiger partial charge in [-0.25, -0.2) is 29.7 Å². The molecule has 1 amide bonds. The van der Waals surface area contributed by atoms with Crippen LogP contribution in [0.5, 0.6) is 5.88 Å². The summed E-state index contributed by atoms with van der Waals surface area (Å²) in [6.07, 6.45) is 0.948. The van der Waals surface area contributed by atoms with Crippen molar-refractivity contribution in [2.75, 3.05) is 25.2 Å². The fraction of sp³-hybridized carbons (Fsp3) is 0.400. The Hall–Kier alpha value is -4.59. The highest BCUT2D eigenvalue weighted by molar-refractivity contribution is 5.90. The number of fused-ring (bicyclic) bond motifs is 1. The van der Waals surface area contributed by atoms with Gasteiger partial charge in [-0.3, -0.25) is 4.90 Å². The number of carbonyl (C=O) groups is 1. The number of cyclic esters (lactones) is 1. The molecular weight excluding hydrogens is 579 g/mol. The Kier molecular flexibility index (Phi) is 6.57. The minimum atomic E-state index is -4.57. The number of methoxy groups -OCH3 is 1. The quantitative estimate of drug-likeness (QED) is 0.262. The summed E-state index contributed by atoms with van der Waals surface area (Å²) in [5.41, 5.74) is 1.28. The number of anilines is 1. The fourth-order valence-corrected chi connectivity index (χ4v) is 5.44. The molecule has 11 nitrogen and oxygen atoms in total. The monoisotopic (exact) mass is 607 g/mol. The Bertz CT molecular complexity index is 1750. The van der Waals surface area contributed by atoms with Gasteiger partial charge < -0.3 is 18.8 Å². The molecule has 5 heterocycles. The largest absolute Gasteiger partial charge is 0.480 e. The molecule has 1 aromatic carbocycles. The number of hydrogen-bond donors (Lipinski definition) is 0. The number of halogens is 3. The van der Waals surface area contributed by atoms with Crippen LogP contribution in [0, 0.1) is 0 Å². The number of nitrogens with zero attached hydrogens (tertiary/aromatic N) is 7. The number of benzene rings is 1. The van der Waals surface area contributed by atoms with Gasteiger partial charge in [0.2, 0.25) is 5.88 Å². The van der Waals surface area contributed by atoms with Crippen LogP contribution in [0.25, 0.3) is 22.8 Å². The number of imidazole rings is 1. The lowest BCUT2D eigenvalue weighted by Gasteiger charge is -2.37. The summed E-state index contributed by atoms with van der Waals surface area (Å²) in [6, 6.07) is 6.64. The van der Waals surface area contributed by atoms with Crippen LogP contribution in [0.3, 0.4) is 0 Å². The van der Waals surface area contributed by atoms with Gasteiger partial charge in [0.25, 0.3) is 0 Å². The zero-order valence-electron chi connectivity index (χ0n) is 24.1. The number of hydrogen-bond acceptors (Lipinski definition) is 9. The standard InChI is InChI=1S/C30H28F3N7O4/c1-29(2)20-10-34-24(22-23(17-8-9-17)35-15-36-27(22)42-3)38-26(20)40(28(41)44-29)11-16-4-6-18(7-5-16)25-37-21(30(31,32)33)12-39(25)19-13-43-14-19/h4-7,10,12,15,17,19H,8-9,11,13-14H2,1-3H3. The first kappa shape index (κ1) is 28.2. The summed E-state index contributed by atoms with van der Waals surface area (Å²) in [5, 5.41) is 0. The molecule has 3 aliphatic rings. The van der Waals surface area contributed by atoms with E-state index in [0.29, 0.717) is 53.0 Å². The van der Waals surface area contributed by atoms with E-state index >= 15 is 0 Å². The maximum absolute atomic E-state index is 13.5. The Morgan fingerprint density at radius 3 is 2.45 bits per heavy atom. The van der Waals surface area contributed by atoms with Crippen molar-refractivity contribution in [1.29, 1.82) is 0 Å². The van der Waals surface area contributed by atoms with Crippen LogP contribution in [0.2, 0.25) is 0 Å². The van der Waals surface area contributed by atoms with Crippen LogP contribution < -0.4 is 9.64 Å². The first-order chi connectivity index (χ1) is 21.0. The average Bonchev–Trinajstić information content (AvgIpc) is 3.72. The van der Waals surface area contributed by atoms with Crippen molar-refractivity contribution in [2.24, 2.45) is 0 Å². The summed E-state index contributed by atoms with van der Waals surface area (Å²) in [5.74, 6) is 1.52. The van der Waals surface area contributed by atoms with Gasteiger partial charge in [-0.2, -0.15) is 13.2 Å². The second-order valence-electron chi connectivity index (χ2n) is 11.6. The smallest absolute Gasteiger partial charge is 0.434 e. The van der Waals surface area contributed by atoms with Crippen LogP contribution >= 0.6 is 0 Å². The molecule has 0 atom stereocenters. The third-order valence-corrected chi connectivity index (χ3v) is 8.05. The molecule has 0 unspecified atom stereocenters. The first-order valence-electron chi connectivity index (χ1n) is 14.1. The highest BCUT2D eigenvalue weighted by Crippen LogP contribution is 2.46. The lowest BCUT2D eigenvalue weighted by Crippen LogP contribution is -2.43. The summed E-state index contributed by atoms with van der Waals surface area (Å²) in [6.45, 7) is 4.27. The maximum atomic E-state index is 13.5. The topological polar surface area (TPSA) is 117 Å². The summed E-state index contributed by atoms with van der Waals surface area (Å²) in [7, 11) is 1.52. The van der Waals surface area contributed by atoms with Crippen molar-refractivity contribution >= 4 is 11.9 Å². The molecule has 1 aliphatic carbocycles. The Morgan fingerprint density at radius 2 is 1.82 bits per heavy atom. The number of alkyl halides is 3. The number of carbonyl (C=O) groups excluding carboxylic acids is 1. The molecule has 1 saturated heterocycles. The normalized spacial score (nSPS) is 18.0. The maximum Gasteiger partial charge on any atom is 0.434 e. The molecule has 2 fully saturated rings. The van der Waals surface area contributed by atoms with Crippen LogP contribution in [0.1, 0.15) is 61.2 Å². The van der Waals surface area contributed by atoms with Crippen molar-refractivity contribution in [2.45, 2.75) is 57.0 Å². The first-order valence-corrected chi connectivity index (χ1v) is 14.1. The van der Waals surface area contributed by atoms with Gasteiger partial charge >= 0.3 is 12.3 Å². The van der Waals surface area contributed by atoms with Gasteiger partial charge in [-0.15, -0.1) is 0 Å². The van der Waals surface area contributed by atoms with Crippen molar-refractivity contribution < 1.29 is 32.2 Å². The van der Waals surface area contributed by atoms with E-state index in [1.165, 1.54) is 22.9 Å². The molecule has 14 heteroatoms. The Balaban J connectivity index is 1.23. The van der Waals surface area contributed by atoms with Gasteiger partial charge in [-0.05, 0) is 32.3 Å². The number of aromatic nitrogens is 6. The zero-order chi connectivity index (χ0) is 30.8. The zero-order valence-corrected chi connectivity index (χ0v) is 24.1. The van der Waals surface area contributed by atoms with Crippen molar-refractivity contribution in [1.82, 2.24) is 29.5 Å². The molecule has 0 spiro atoms. The molecule has 1 saturated carbocycles. The lowest BCUT2D eigenvalue weighted by atomic mass is 9.97. The summed E-state index contributed by atoms with van der Waals surface area (Å²) in [4.78, 5) is 36.9. The van der Waals surface area contributed by atoms with E-state index in [2.05, 4.69) is 19.9 Å². The molecular formula is C30H28F3N7O4. The fourth-order valence-electron chi connectivity index (χ4n) is 5.44. The van der Waals surface area contributed by atoms with E-state index in [-0.39, 0.29) is 24.3 Å². The van der Waals surface area contributed by atoms with Gasteiger partial charge in [0, 0.05) is 23.9 Å². The van der Waals surface area contributed by atoms with E-state index in [1.807, 2.05) is 0 Å². The molecule has 2 aliphatic heterocycles. The minimum Gasteiger partial charge on any atom is -0.480 e. The number of rotatable bonds is 7. The summed E-state index contributed by atoms with van der Waals surface area (Å²) < 4.78 is 58.5. The molecule has 0 bridgehead atoms. The molecule has 7 rings (SSSR count). The van der Waals surface area contributed by atoms with Crippen LogP contribution in [0.4, 0.5) is 23.8 Å². The molecule has 44 heavy (non-hydrogen) atoms. The van der Waals surface area contributed by atoms with E-state index in [9.17, 15) is 18.0 Å². The predicted octanol–water partition coefficient (Wildman–Crippen LogP) is 5.67. The average molecular weight is 608 g/mol. The van der Waals surface area contributed by atoms with Crippen molar-refractivity contribution in [3.63, 3.8) is 0 Å². The van der Waals surface area contributed by atoms with E-state index in [4.69, 9.17) is 19.2 Å². The highest BCUT2D eigenvalue weighted by atomic mass is 19.4. The second kappa shape index (κ2) is 10.3. The van der Waals surface area contributed by atoms with Gasteiger partial charge in [-0.1, -0.05) is 24.3 Å². The second-order valence-corrected chi connectivity index (χ2v) is 11.6. The van der Waals surface area contributed by atoms with Crippen LogP contribution in [0.15, 0.2) is 43.0 Å². The Morgan fingerprint density at radius 1 is 1.07 bits per heavy atom. The molecule has 0 radical (unpaired) electrons. The highest BCUT2D eigenvalue weighted by Gasteiger charge is 2.41. The molecule has 4 aromatic rings. The van der Waals surface area contributed by atoms with Crippen molar-refractivity contribution in [3.05, 3.63) is 65.5 Å². The van der Waals surface area contributed by atoms with E-state index in [1.54, 1.807) is 44.3 Å². The van der Waals surface area contributed by atoms with Crippen molar-refractivity contribution in [3.8, 4) is 28.7 Å². The third kappa shape index (κ3) is 4.92. The molecule has 228 valence electrons. The number of amides is 1. The Labute approximate surface area is 250 Å². The minimum absolute atomic E-state index is 0.0925. The van der Waals surface area contributed by atoms with E-state index < -0.39 is 23.6 Å². The van der Waals surface area contributed by atoms with Crippen LogP contribution in [-0.2, 0) is 27.8 Å². The van der Waals surface area contributed by atoms with Gasteiger partial charge in [0.05, 0.1) is 44.2 Å². The summed E-state index contributed by atoms with van der Waals surface area (Å²) >= 11 is 0. The molecule has 0 N–H and O–H groups in total. The van der Waals surface area contributed by atoms with Gasteiger partial charge in [0.15, 0.2) is 11.5 Å².